The summed E-state index contributed by atoms with van der Waals surface area (Å²) >= 11 is 0. The van der Waals surface area contributed by atoms with E-state index in [9.17, 15) is 4.79 Å². The predicted octanol–water partition coefficient (Wildman–Crippen LogP) is 9.03. The van der Waals surface area contributed by atoms with Gasteiger partial charge in [0.1, 0.15) is 0 Å². The molecule has 0 saturated heterocycles. The van der Waals surface area contributed by atoms with Crippen molar-refractivity contribution in [2.24, 2.45) is 5.92 Å². The van der Waals surface area contributed by atoms with Gasteiger partial charge in [-0.3, -0.25) is 4.79 Å². The molecule has 2 nitrogen and oxygen atoms in total. The summed E-state index contributed by atoms with van der Waals surface area (Å²) in [4.78, 5) is 10.9. The lowest BCUT2D eigenvalue weighted by Crippen LogP contribution is -2.11. The van der Waals surface area contributed by atoms with Gasteiger partial charge in [-0.1, -0.05) is 137 Å². The molecule has 0 fully saturated rings. The highest BCUT2D eigenvalue weighted by molar-refractivity contribution is 5.71. The fourth-order valence-corrected chi connectivity index (χ4v) is 2.95. The summed E-state index contributed by atoms with van der Waals surface area (Å²) in [6.07, 6.45) is 26.4. The predicted molar refractivity (Wildman–Crippen MR) is 126 cm³/mol. The SMILES string of the molecule is CC/C=C\CCOC(=O)C(C)C.CCCCCCCCCCCCCCCC. The third kappa shape index (κ3) is 27.4. The molecule has 0 N–H and O–H groups in total. The van der Waals surface area contributed by atoms with Crippen molar-refractivity contribution in [2.45, 2.75) is 137 Å². The van der Waals surface area contributed by atoms with Crippen molar-refractivity contribution in [3.63, 3.8) is 0 Å². The standard InChI is InChI=1S/C16H34.C10H18O2/c1-3-5-7-9-11-13-15-16-14-12-10-8-6-4-2;1-4-5-6-7-8-12-10(11)9(2)3/h3-16H2,1-2H3;5-6,9H,4,7-8H2,1-3H3/b;6-5-. The van der Waals surface area contributed by atoms with Crippen LogP contribution in [-0.2, 0) is 9.53 Å². The summed E-state index contributed by atoms with van der Waals surface area (Å²) in [5, 5.41) is 0. The van der Waals surface area contributed by atoms with Gasteiger partial charge in [0.25, 0.3) is 0 Å². The largest absolute Gasteiger partial charge is 0.465 e. The summed E-state index contributed by atoms with van der Waals surface area (Å²) in [5.74, 6) is -0.125. The average Bonchev–Trinajstić information content (AvgIpc) is 2.69. The first kappa shape index (κ1) is 29.4. The van der Waals surface area contributed by atoms with Crippen molar-refractivity contribution in [2.75, 3.05) is 6.61 Å². The van der Waals surface area contributed by atoms with E-state index in [2.05, 4.69) is 26.8 Å². The molecule has 0 saturated carbocycles. The van der Waals surface area contributed by atoms with Crippen LogP contribution in [0.3, 0.4) is 0 Å². The molecule has 2 heteroatoms. The van der Waals surface area contributed by atoms with E-state index in [0.29, 0.717) is 6.61 Å². The van der Waals surface area contributed by atoms with Crippen LogP contribution in [0, 0.1) is 5.92 Å². The third-order valence-electron chi connectivity index (χ3n) is 4.86. The molecule has 0 heterocycles. The van der Waals surface area contributed by atoms with Gasteiger partial charge in [0.15, 0.2) is 0 Å². The lowest BCUT2D eigenvalue weighted by molar-refractivity contribution is -0.147. The number of carbonyl (C=O) groups is 1. The Balaban J connectivity index is 0. The van der Waals surface area contributed by atoms with E-state index in [1.54, 1.807) is 0 Å². The van der Waals surface area contributed by atoms with Gasteiger partial charge in [0.2, 0.25) is 0 Å². The number of esters is 1. The van der Waals surface area contributed by atoms with Crippen molar-refractivity contribution in [3.05, 3.63) is 12.2 Å². The summed E-state index contributed by atoms with van der Waals surface area (Å²) in [5.41, 5.74) is 0. The van der Waals surface area contributed by atoms with Crippen LogP contribution in [0.25, 0.3) is 0 Å². The zero-order valence-corrected chi connectivity index (χ0v) is 20.1. The lowest BCUT2D eigenvalue weighted by atomic mass is 10.0. The molecule has 0 aromatic rings. The maximum Gasteiger partial charge on any atom is 0.308 e. The van der Waals surface area contributed by atoms with Crippen LogP contribution in [0.2, 0.25) is 0 Å². The van der Waals surface area contributed by atoms with Gasteiger partial charge in [0.05, 0.1) is 12.5 Å². The molecule has 28 heavy (non-hydrogen) atoms. The van der Waals surface area contributed by atoms with E-state index in [4.69, 9.17) is 4.74 Å². The Morgan fingerprint density at radius 1 is 0.679 bits per heavy atom. The lowest BCUT2D eigenvalue weighted by Gasteiger charge is -2.04. The summed E-state index contributed by atoms with van der Waals surface area (Å²) in [6.45, 7) is 10.8. The minimum Gasteiger partial charge on any atom is -0.465 e. The topological polar surface area (TPSA) is 26.3 Å². The molecular formula is C26H52O2. The van der Waals surface area contributed by atoms with Crippen molar-refractivity contribution in [1.29, 1.82) is 0 Å². The first-order valence-corrected chi connectivity index (χ1v) is 12.4. The average molecular weight is 397 g/mol. The van der Waals surface area contributed by atoms with Gasteiger partial charge < -0.3 is 4.74 Å². The first-order chi connectivity index (χ1) is 13.6. The highest BCUT2D eigenvalue weighted by atomic mass is 16.5. The Labute approximate surface area is 177 Å². The molecule has 0 aliphatic heterocycles. The van der Waals surface area contributed by atoms with E-state index < -0.39 is 0 Å². The van der Waals surface area contributed by atoms with Crippen LogP contribution < -0.4 is 0 Å². The van der Waals surface area contributed by atoms with Gasteiger partial charge in [-0.15, -0.1) is 0 Å². The van der Waals surface area contributed by atoms with Crippen LogP contribution in [0.1, 0.15) is 137 Å². The second-order valence-corrected chi connectivity index (χ2v) is 8.23. The fraction of sp³-hybridized carbons (Fsp3) is 0.885. The Morgan fingerprint density at radius 3 is 1.39 bits per heavy atom. The minimum absolute atomic E-state index is 0.0137. The van der Waals surface area contributed by atoms with Gasteiger partial charge in [-0.25, -0.2) is 0 Å². The first-order valence-electron chi connectivity index (χ1n) is 12.4. The maximum absolute atomic E-state index is 10.9. The Bertz CT molecular complexity index is 306. The van der Waals surface area contributed by atoms with E-state index in [1.807, 2.05) is 19.9 Å². The second-order valence-electron chi connectivity index (χ2n) is 8.23. The molecule has 0 rings (SSSR count). The smallest absolute Gasteiger partial charge is 0.308 e. The zero-order chi connectivity index (χ0) is 21.3. The van der Waals surface area contributed by atoms with Crippen LogP contribution >= 0.6 is 0 Å². The normalized spacial score (nSPS) is 10.9. The Kier molecular flexibility index (Phi) is 27.5. The van der Waals surface area contributed by atoms with Crippen LogP contribution in [-0.4, -0.2) is 12.6 Å². The van der Waals surface area contributed by atoms with Gasteiger partial charge in [-0.2, -0.15) is 0 Å². The quantitative estimate of drug-likeness (QED) is 0.131. The van der Waals surface area contributed by atoms with E-state index >= 15 is 0 Å². The Hall–Kier alpha value is -0.790. The maximum atomic E-state index is 10.9. The molecule has 0 aliphatic carbocycles. The fourth-order valence-electron chi connectivity index (χ4n) is 2.95. The number of ether oxygens (including phenoxy) is 1. The number of allylic oxidation sites excluding steroid dienone is 1. The Morgan fingerprint density at radius 2 is 1.07 bits per heavy atom. The third-order valence-corrected chi connectivity index (χ3v) is 4.86. The zero-order valence-electron chi connectivity index (χ0n) is 20.1. The molecule has 0 bridgehead atoms. The number of rotatable bonds is 18. The highest BCUT2D eigenvalue weighted by Gasteiger charge is 2.06. The van der Waals surface area contributed by atoms with Gasteiger partial charge in [-0.05, 0) is 12.8 Å². The molecule has 0 radical (unpaired) electrons. The van der Waals surface area contributed by atoms with Crippen molar-refractivity contribution in [1.82, 2.24) is 0 Å². The number of unbranched alkanes of at least 4 members (excludes halogenated alkanes) is 13. The van der Waals surface area contributed by atoms with Crippen LogP contribution in [0.4, 0.5) is 0 Å². The molecule has 0 amide bonds. The summed E-state index contributed by atoms with van der Waals surface area (Å²) < 4.78 is 4.96. The number of carbonyl (C=O) groups excluding carboxylic acids is 1. The molecule has 0 aromatic heterocycles. The summed E-state index contributed by atoms with van der Waals surface area (Å²) in [7, 11) is 0. The summed E-state index contributed by atoms with van der Waals surface area (Å²) in [6, 6.07) is 0. The molecule has 168 valence electrons. The van der Waals surface area contributed by atoms with Crippen molar-refractivity contribution in [3.8, 4) is 0 Å². The van der Waals surface area contributed by atoms with Gasteiger partial charge >= 0.3 is 5.97 Å². The van der Waals surface area contributed by atoms with Gasteiger partial charge in [0, 0.05) is 0 Å². The van der Waals surface area contributed by atoms with E-state index in [1.165, 1.54) is 89.9 Å². The van der Waals surface area contributed by atoms with Crippen molar-refractivity contribution >= 4 is 5.97 Å². The molecule has 0 aromatic carbocycles. The van der Waals surface area contributed by atoms with Crippen LogP contribution in [0.5, 0.6) is 0 Å². The highest BCUT2D eigenvalue weighted by Crippen LogP contribution is 2.12. The van der Waals surface area contributed by atoms with Crippen LogP contribution in [0.15, 0.2) is 12.2 Å². The molecule has 0 unspecified atom stereocenters. The molecule has 0 spiro atoms. The van der Waals surface area contributed by atoms with Crippen molar-refractivity contribution < 1.29 is 9.53 Å². The molecule has 0 aliphatic rings. The van der Waals surface area contributed by atoms with E-state index in [-0.39, 0.29) is 11.9 Å². The number of hydrogen-bond donors (Lipinski definition) is 0. The minimum atomic E-state index is -0.111. The monoisotopic (exact) mass is 396 g/mol. The second kappa shape index (κ2) is 26.2. The molecule has 0 atom stereocenters. The number of hydrogen-bond acceptors (Lipinski definition) is 2. The molecular weight excluding hydrogens is 344 g/mol. The van der Waals surface area contributed by atoms with E-state index in [0.717, 1.165) is 12.8 Å².